The molecule has 1 fully saturated rings. The summed E-state index contributed by atoms with van der Waals surface area (Å²) in [6.07, 6.45) is 1.28. The summed E-state index contributed by atoms with van der Waals surface area (Å²) in [6.45, 7) is 1.27. The molecule has 1 aliphatic carbocycles. The van der Waals surface area contributed by atoms with Crippen LogP contribution in [0.4, 0.5) is 13.2 Å². The van der Waals surface area contributed by atoms with Gasteiger partial charge in [-0.3, -0.25) is 4.79 Å². The zero-order valence-electron chi connectivity index (χ0n) is 10.7. The molecule has 0 aromatic carbocycles. The van der Waals surface area contributed by atoms with E-state index in [1.165, 1.54) is 12.8 Å². The van der Waals surface area contributed by atoms with E-state index in [4.69, 9.17) is 0 Å². The molecule has 0 heterocycles. The Morgan fingerprint density at radius 3 is 2.39 bits per heavy atom. The number of nitrogens with one attached hydrogen (secondary N) is 2. The molecule has 18 heavy (non-hydrogen) atoms. The summed E-state index contributed by atoms with van der Waals surface area (Å²) < 4.78 is 35.6. The Hall–Kier alpha value is -0.780. The largest absolute Gasteiger partial charge is 0.401 e. The molecule has 0 aromatic heterocycles. The lowest BCUT2D eigenvalue weighted by Crippen LogP contribution is -2.42. The van der Waals surface area contributed by atoms with E-state index in [0.29, 0.717) is 6.54 Å². The minimum atomic E-state index is -4.27. The maximum Gasteiger partial charge on any atom is 0.401 e. The zero-order chi connectivity index (χ0) is 13.6. The first-order valence-corrected chi connectivity index (χ1v) is 6.41. The Morgan fingerprint density at radius 1 is 1.28 bits per heavy atom. The molecule has 0 saturated heterocycles. The van der Waals surface area contributed by atoms with Gasteiger partial charge in [0.1, 0.15) is 0 Å². The van der Waals surface area contributed by atoms with E-state index in [9.17, 15) is 18.0 Å². The number of amides is 1. The number of carbonyl (C=O) groups is 1. The fraction of sp³-hybridized carbons (Fsp3) is 0.917. The molecule has 0 aromatic rings. The lowest BCUT2D eigenvalue weighted by atomic mass is 9.83. The summed E-state index contributed by atoms with van der Waals surface area (Å²) in [4.78, 5) is 11.4. The van der Waals surface area contributed by atoms with E-state index in [0.717, 1.165) is 19.3 Å². The van der Waals surface area contributed by atoms with Crippen molar-refractivity contribution in [2.24, 2.45) is 5.41 Å². The van der Waals surface area contributed by atoms with E-state index >= 15 is 0 Å². The van der Waals surface area contributed by atoms with Gasteiger partial charge in [0.05, 0.1) is 13.1 Å². The van der Waals surface area contributed by atoms with Crippen LogP contribution in [0.2, 0.25) is 0 Å². The van der Waals surface area contributed by atoms with E-state index in [-0.39, 0.29) is 17.9 Å². The van der Waals surface area contributed by atoms with Gasteiger partial charge in [-0.1, -0.05) is 19.8 Å². The van der Waals surface area contributed by atoms with Crippen molar-refractivity contribution < 1.29 is 18.0 Å². The topological polar surface area (TPSA) is 41.1 Å². The number of carbonyl (C=O) groups excluding carboxylic acids is 1. The van der Waals surface area contributed by atoms with Gasteiger partial charge in [0.2, 0.25) is 5.91 Å². The molecule has 2 N–H and O–H groups in total. The number of halogens is 3. The van der Waals surface area contributed by atoms with Crippen molar-refractivity contribution in [1.82, 2.24) is 10.6 Å². The number of hydrogen-bond acceptors (Lipinski definition) is 2. The van der Waals surface area contributed by atoms with Gasteiger partial charge in [0, 0.05) is 6.54 Å². The first-order valence-electron chi connectivity index (χ1n) is 6.41. The molecule has 1 amide bonds. The Labute approximate surface area is 106 Å². The first-order chi connectivity index (χ1) is 8.37. The van der Waals surface area contributed by atoms with E-state index in [2.05, 4.69) is 17.6 Å². The maximum atomic E-state index is 11.9. The summed E-state index contributed by atoms with van der Waals surface area (Å²) in [5.41, 5.74) is 0.166. The fourth-order valence-corrected chi connectivity index (χ4v) is 2.45. The van der Waals surface area contributed by atoms with Crippen LogP contribution in [0.25, 0.3) is 0 Å². The first kappa shape index (κ1) is 15.3. The average Bonchev–Trinajstić information content (AvgIpc) is 2.74. The lowest BCUT2D eigenvalue weighted by molar-refractivity contribution is -0.128. The van der Waals surface area contributed by atoms with Crippen LogP contribution in [0, 0.1) is 5.41 Å². The molecule has 0 unspecified atom stereocenters. The van der Waals surface area contributed by atoms with Crippen molar-refractivity contribution in [1.29, 1.82) is 0 Å². The molecule has 1 saturated carbocycles. The molecule has 6 heteroatoms. The summed E-state index contributed by atoms with van der Waals surface area (Å²) in [6, 6.07) is 0. The van der Waals surface area contributed by atoms with Crippen LogP contribution in [-0.4, -0.2) is 31.7 Å². The second-order valence-electron chi connectivity index (χ2n) is 5.06. The van der Waals surface area contributed by atoms with Crippen molar-refractivity contribution in [2.45, 2.75) is 45.2 Å². The summed E-state index contributed by atoms with van der Waals surface area (Å²) in [5.74, 6) is -0.362. The average molecular weight is 266 g/mol. The molecule has 0 atom stereocenters. The number of hydrogen-bond donors (Lipinski definition) is 2. The van der Waals surface area contributed by atoms with Crippen molar-refractivity contribution >= 4 is 5.91 Å². The zero-order valence-corrected chi connectivity index (χ0v) is 10.7. The van der Waals surface area contributed by atoms with Crippen molar-refractivity contribution in [2.75, 3.05) is 19.6 Å². The Bertz CT molecular complexity index is 273. The minimum Gasteiger partial charge on any atom is -0.354 e. The highest BCUT2D eigenvalue weighted by Crippen LogP contribution is 2.40. The van der Waals surface area contributed by atoms with Gasteiger partial charge in [-0.05, 0) is 24.7 Å². The molecule has 1 rings (SSSR count). The second kappa shape index (κ2) is 6.41. The van der Waals surface area contributed by atoms with E-state index < -0.39 is 12.7 Å². The van der Waals surface area contributed by atoms with Crippen molar-refractivity contribution in [3.8, 4) is 0 Å². The van der Waals surface area contributed by atoms with Crippen LogP contribution in [0.1, 0.15) is 39.0 Å². The van der Waals surface area contributed by atoms with Crippen LogP contribution >= 0.6 is 0 Å². The summed E-state index contributed by atoms with van der Waals surface area (Å²) >= 11 is 0. The van der Waals surface area contributed by atoms with Crippen molar-refractivity contribution in [3.05, 3.63) is 0 Å². The normalized spacial score (nSPS) is 18.9. The van der Waals surface area contributed by atoms with Gasteiger partial charge in [0.15, 0.2) is 0 Å². The van der Waals surface area contributed by atoms with Gasteiger partial charge in [-0.2, -0.15) is 13.2 Å². The Kier molecular flexibility index (Phi) is 5.44. The Balaban J connectivity index is 2.20. The lowest BCUT2D eigenvalue weighted by Gasteiger charge is -2.27. The molecule has 0 radical (unpaired) electrons. The third kappa shape index (κ3) is 5.25. The molecular weight excluding hydrogens is 245 g/mol. The van der Waals surface area contributed by atoms with Crippen molar-refractivity contribution in [3.63, 3.8) is 0 Å². The van der Waals surface area contributed by atoms with Crippen LogP contribution in [0.15, 0.2) is 0 Å². The third-order valence-corrected chi connectivity index (χ3v) is 3.69. The van der Waals surface area contributed by atoms with Crippen LogP contribution in [0.5, 0.6) is 0 Å². The second-order valence-corrected chi connectivity index (χ2v) is 5.06. The highest BCUT2D eigenvalue weighted by molar-refractivity contribution is 5.78. The van der Waals surface area contributed by atoms with Crippen LogP contribution in [0.3, 0.4) is 0 Å². The van der Waals surface area contributed by atoms with E-state index in [1.54, 1.807) is 0 Å². The third-order valence-electron chi connectivity index (χ3n) is 3.69. The number of alkyl halides is 3. The van der Waals surface area contributed by atoms with Gasteiger partial charge in [0.25, 0.3) is 0 Å². The van der Waals surface area contributed by atoms with E-state index in [1.807, 2.05) is 0 Å². The number of rotatable bonds is 6. The fourth-order valence-electron chi connectivity index (χ4n) is 2.45. The molecule has 0 aliphatic heterocycles. The predicted molar refractivity (Wildman–Crippen MR) is 63.1 cm³/mol. The minimum absolute atomic E-state index is 0.166. The molecule has 0 spiro atoms. The summed E-state index contributed by atoms with van der Waals surface area (Å²) in [7, 11) is 0. The standard InChI is InChI=1S/C12H21F3N2O/c1-2-11(5-3-4-6-11)8-17-10(18)7-16-9-12(13,14)15/h16H,2-9H2,1H3,(H,17,18). The quantitative estimate of drug-likeness (QED) is 0.774. The van der Waals surface area contributed by atoms with Gasteiger partial charge >= 0.3 is 6.18 Å². The predicted octanol–water partition coefficient (Wildman–Crippen LogP) is 2.22. The highest BCUT2D eigenvalue weighted by atomic mass is 19.4. The van der Waals surface area contributed by atoms with Crippen LogP contribution < -0.4 is 10.6 Å². The SMILES string of the molecule is CCC1(CNC(=O)CNCC(F)(F)F)CCCC1. The molecule has 1 aliphatic rings. The monoisotopic (exact) mass is 266 g/mol. The smallest absolute Gasteiger partial charge is 0.354 e. The van der Waals surface area contributed by atoms with Gasteiger partial charge in [-0.25, -0.2) is 0 Å². The molecule has 0 bridgehead atoms. The maximum absolute atomic E-state index is 11.9. The highest BCUT2D eigenvalue weighted by Gasteiger charge is 2.32. The molecular formula is C12H21F3N2O. The molecule has 3 nitrogen and oxygen atoms in total. The Morgan fingerprint density at radius 2 is 1.89 bits per heavy atom. The molecule has 106 valence electrons. The van der Waals surface area contributed by atoms with Crippen LogP contribution in [-0.2, 0) is 4.79 Å². The summed E-state index contributed by atoms with van der Waals surface area (Å²) in [5, 5.41) is 4.83. The van der Waals surface area contributed by atoms with Gasteiger partial charge < -0.3 is 10.6 Å². The van der Waals surface area contributed by atoms with Gasteiger partial charge in [-0.15, -0.1) is 0 Å².